The van der Waals surface area contributed by atoms with Crippen LogP contribution in [0.15, 0.2) is 54.6 Å². The van der Waals surface area contributed by atoms with Crippen molar-refractivity contribution in [2.45, 2.75) is 26.2 Å². The van der Waals surface area contributed by atoms with Gasteiger partial charge in [-0.1, -0.05) is 61.5 Å². The van der Waals surface area contributed by atoms with Gasteiger partial charge in [-0.05, 0) is 17.5 Å². The van der Waals surface area contributed by atoms with Gasteiger partial charge in [0.05, 0.1) is 6.42 Å². The summed E-state index contributed by atoms with van der Waals surface area (Å²) in [5.74, 6) is -0.0899. The standard InChI is InChI=1S/C18H18O2/c1-2-16(19)13-18(20)17-11-7-6-10-15(17)12-14-8-4-3-5-9-14/h3-11H,2,12-13H2,1H3. The predicted octanol–water partition coefficient (Wildman–Crippen LogP) is 3.83. The largest absolute Gasteiger partial charge is 0.299 e. The average molecular weight is 266 g/mol. The van der Waals surface area contributed by atoms with Crippen LogP contribution in [0.4, 0.5) is 0 Å². The minimum Gasteiger partial charge on any atom is -0.299 e. The molecule has 0 spiro atoms. The van der Waals surface area contributed by atoms with Gasteiger partial charge >= 0.3 is 0 Å². The van der Waals surface area contributed by atoms with E-state index in [0.29, 0.717) is 18.4 Å². The summed E-state index contributed by atoms with van der Waals surface area (Å²) in [6.45, 7) is 1.78. The fourth-order valence-electron chi connectivity index (χ4n) is 2.16. The second-order valence-electron chi connectivity index (χ2n) is 4.81. The lowest BCUT2D eigenvalue weighted by Gasteiger charge is -2.08. The van der Waals surface area contributed by atoms with E-state index >= 15 is 0 Å². The molecule has 0 amide bonds. The lowest BCUT2D eigenvalue weighted by Crippen LogP contribution is -2.09. The average Bonchev–Trinajstić information content (AvgIpc) is 2.48. The molecule has 0 radical (unpaired) electrons. The fraction of sp³-hybridized carbons (Fsp3) is 0.222. The van der Waals surface area contributed by atoms with Gasteiger partial charge in [-0.25, -0.2) is 0 Å². The number of benzene rings is 2. The molecule has 0 bridgehead atoms. The Morgan fingerprint density at radius 3 is 2.25 bits per heavy atom. The van der Waals surface area contributed by atoms with E-state index in [0.717, 1.165) is 11.1 Å². The maximum absolute atomic E-state index is 12.2. The molecule has 0 N–H and O–H groups in total. The van der Waals surface area contributed by atoms with Gasteiger partial charge in [0.1, 0.15) is 5.78 Å². The molecule has 2 nitrogen and oxygen atoms in total. The highest BCUT2D eigenvalue weighted by Gasteiger charge is 2.14. The summed E-state index contributed by atoms with van der Waals surface area (Å²) in [5.41, 5.74) is 2.81. The topological polar surface area (TPSA) is 34.1 Å². The van der Waals surface area contributed by atoms with E-state index in [4.69, 9.17) is 0 Å². The quantitative estimate of drug-likeness (QED) is 0.588. The van der Waals surface area contributed by atoms with Crippen molar-refractivity contribution in [2.24, 2.45) is 0 Å². The minimum atomic E-state index is -0.0802. The summed E-state index contributed by atoms with van der Waals surface area (Å²) in [6.07, 6.45) is 1.12. The first-order chi connectivity index (χ1) is 9.70. The third-order valence-corrected chi connectivity index (χ3v) is 3.31. The van der Waals surface area contributed by atoms with Gasteiger partial charge in [-0.15, -0.1) is 0 Å². The van der Waals surface area contributed by atoms with Crippen LogP contribution < -0.4 is 0 Å². The maximum Gasteiger partial charge on any atom is 0.170 e. The van der Waals surface area contributed by atoms with E-state index in [9.17, 15) is 9.59 Å². The summed E-state index contributed by atoms with van der Waals surface area (Å²) in [5, 5.41) is 0. The first-order valence-corrected chi connectivity index (χ1v) is 6.87. The van der Waals surface area contributed by atoms with Crippen LogP contribution in [0.2, 0.25) is 0 Å². The van der Waals surface area contributed by atoms with E-state index in [1.165, 1.54) is 0 Å². The van der Waals surface area contributed by atoms with Crippen LogP contribution in [0.3, 0.4) is 0 Å². The van der Waals surface area contributed by atoms with E-state index < -0.39 is 0 Å². The van der Waals surface area contributed by atoms with Crippen molar-refractivity contribution >= 4 is 11.6 Å². The highest BCUT2D eigenvalue weighted by molar-refractivity contribution is 6.08. The molecule has 0 unspecified atom stereocenters. The zero-order valence-electron chi connectivity index (χ0n) is 11.6. The smallest absolute Gasteiger partial charge is 0.170 e. The summed E-state index contributed by atoms with van der Waals surface area (Å²) in [4.78, 5) is 23.6. The lowest BCUT2D eigenvalue weighted by molar-refractivity contribution is -0.117. The number of carbonyl (C=O) groups excluding carboxylic acids is 2. The molecule has 0 saturated heterocycles. The molecular weight excluding hydrogens is 248 g/mol. The molecule has 0 fully saturated rings. The van der Waals surface area contributed by atoms with Crippen molar-refractivity contribution in [1.29, 1.82) is 0 Å². The Hall–Kier alpha value is -2.22. The van der Waals surface area contributed by atoms with Gasteiger partial charge in [0.15, 0.2) is 5.78 Å². The molecule has 0 saturated carbocycles. The third-order valence-electron chi connectivity index (χ3n) is 3.31. The SMILES string of the molecule is CCC(=O)CC(=O)c1ccccc1Cc1ccccc1. The number of hydrogen-bond acceptors (Lipinski definition) is 2. The van der Waals surface area contributed by atoms with Crippen LogP contribution in [-0.4, -0.2) is 11.6 Å². The van der Waals surface area contributed by atoms with E-state index in [1.54, 1.807) is 6.92 Å². The van der Waals surface area contributed by atoms with Gasteiger partial charge in [0.25, 0.3) is 0 Å². The lowest BCUT2D eigenvalue weighted by atomic mass is 9.95. The predicted molar refractivity (Wildman–Crippen MR) is 79.9 cm³/mol. The fourth-order valence-corrected chi connectivity index (χ4v) is 2.16. The van der Waals surface area contributed by atoms with Crippen molar-refractivity contribution in [3.05, 3.63) is 71.3 Å². The monoisotopic (exact) mass is 266 g/mol. The zero-order chi connectivity index (χ0) is 14.4. The van der Waals surface area contributed by atoms with Crippen LogP contribution in [-0.2, 0) is 11.2 Å². The molecule has 2 heteroatoms. The van der Waals surface area contributed by atoms with E-state index in [2.05, 4.69) is 0 Å². The normalized spacial score (nSPS) is 10.2. The van der Waals surface area contributed by atoms with E-state index in [1.807, 2.05) is 54.6 Å². The van der Waals surface area contributed by atoms with Crippen molar-refractivity contribution in [1.82, 2.24) is 0 Å². The first-order valence-electron chi connectivity index (χ1n) is 6.87. The van der Waals surface area contributed by atoms with Gasteiger partial charge in [-0.3, -0.25) is 9.59 Å². The van der Waals surface area contributed by atoms with Crippen LogP contribution in [0.25, 0.3) is 0 Å². The summed E-state index contributed by atoms with van der Waals surface area (Å²) < 4.78 is 0. The maximum atomic E-state index is 12.2. The molecule has 0 heterocycles. The number of Topliss-reactive ketones (excluding diaryl/α,β-unsaturated/α-hetero) is 2. The molecule has 2 aromatic carbocycles. The van der Waals surface area contributed by atoms with Gasteiger partial charge in [0.2, 0.25) is 0 Å². The molecular formula is C18H18O2. The number of hydrogen-bond donors (Lipinski definition) is 0. The summed E-state index contributed by atoms with van der Waals surface area (Å²) in [6, 6.07) is 17.6. The zero-order valence-corrected chi connectivity index (χ0v) is 11.6. The number of ketones is 2. The Balaban J connectivity index is 2.22. The Bertz CT molecular complexity index is 600. The molecule has 102 valence electrons. The van der Waals surface area contributed by atoms with Crippen molar-refractivity contribution in [2.75, 3.05) is 0 Å². The molecule has 0 atom stereocenters. The highest BCUT2D eigenvalue weighted by atomic mass is 16.1. The molecule has 0 aliphatic rings. The van der Waals surface area contributed by atoms with Crippen LogP contribution in [0.5, 0.6) is 0 Å². The molecule has 20 heavy (non-hydrogen) atoms. The number of rotatable bonds is 6. The Morgan fingerprint density at radius 2 is 1.55 bits per heavy atom. The van der Waals surface area contributed by atoms with Gasteiger partial charge in [-0.2, -0.15) is 0 Å². The van der Waals surface area contributed by atoms with Crippen LogP contribution in [0, 0.1) is 0 Å². The van der Waals surface area contributed by atoms with E-state index in [-0.39, 0.29) is 18.0 Å². The molecule has 0 aromatic heterocycles. The third kappa shape index (κ3) is 3.64. The Labute approximate surface area is 119 Å². The second kappa shape index (κ2) is 6.80. The molecule has 2 rings (SSSR count). The highest BCUT2D eigenvalue weighted by Crippen LogP contribution is 2.16. The van der Waals surface area contributed by atoms with Crippen molar-refractivity contribution in [3.63, 3.8) is 0 Å². The molecule has 2 aromatic rings. The summed E-state index contributed by atoms with van der Waals surface area (Å²) >= 11 is 0. The van der Waals surface area contributed by atoms with Crippen LogP contribution >= 0.6 is 0 Å². The van der Waals surface area contributed by atoms with Crippen molar-refractivity contribution < 1.29 is 9.59 Å². The summed E-state index contributed by atoms with van der Waals surface area (Å²) in [7, 11) is 0. The van der Waals surface area contributed by atoms with Gasteiger partial charge in [0, 0.05) is 12.0 Å². The minimum absolute atomic E-state index is 0.00228. The Morgan fingerprint density at radius 1 is 0.900 bits per heavy atom. The van der Waals surface area contributed by atoms with Crippen LogP contribution in [0.1, 0.15) is 41.3 Å². The first kappa shape index (κ1) is 14.2. The Kier molecular flexibility index (Phi) is 4.83. The number of carbonyl (C=O) groups is 2. The van der Waals surface area contributed by atoms with Gasteiger partial charge < -0.3 is 0 Å². The molecule has 0 aliphatic carbocycles. The molecule has 0 aliphatic heterocycles. The van der Waals surface area contributed by atoms with Crippen molar-refractivity contribution in [3.8, 4) is 0 Å². The second-order valence-corrected chi connectivity index (χ2v) is 4.81.